The van der Waals surface area contributed by atoms with E-state index in [2.05, 4.69) is 15.9 Å². The molecule has 2 heteroatoms. The first-order valence-electron chi connectivity index (χ1n) is 8.43. The summed E-state index contributed by atoms with van der Waals surface area (Å²) in [7, 11) is 0. The van der Waals surface area contributed by atoms with E-state index >= 15 is 0 Å². The van der Waals surface area contributed by atoms with Gasteiger partial charge in [0.2, 0.25) is 0 Å². The van der Waals surface area contributed by atoms with E-state index in [-0.39, 0.29) is 5.82 Å². The van der Waals surface area contributed by atoms with Crippen LogP contribution >= 0.6 is 15.9 Å². The average Bonchev–Trinajstić information content (AvgIpc) is 2.39. The fraction of sp³-hybridized carbons (Fsp3) is 0.684. The van der Waals surface area contributed by atoms with E-state index in [1.165, 1.54) is 50.5 Å². The van der Waals surface area contributed by atoms with Crippen LogP contribution < -0.4 is 0 Å². The quantitative estimate of drug-likeness (QED) is 0.571. The average molecular weight is 351 g/mol. The summed E-state index contributed by atoms with van der Waals surface area (Å²) in [4.78, 5) is 0.382. The summed E-state index contributed by atoms with van der Waals surface area (Å²) in [6.07, 6.45) is 10.1. The molecule has 1 aromatic rings. The number of halogens is 2. The fourth-order valence-corrected chi connectivity index (χ4v) is 6.87. The smallest absolute Gasteiger partial charge is 0.126 e. The highest BCUT2D eigenvalue weighted by Crippen LogP contribution is 2.63. The molecule has 0 radical (unpaired) electrons. The summed E-state index contributed by atoms with van der Waals surface area (Å²) in [5, 5.41) is 0. The van der Waals surface area contributed by atoms with Gasteiger partial charge in [0, 0.05) is 4.83 Å². The van der Waals surface area contributed by atoms with Gasteiger partial charge in [0.05, 0.1) is 0 Å². The van der Waals surface area contributed by atoms with Crippen molar-refractivity contribution in [3.05, 3.63) is 35.1 Å². The normalized spacial score (nSPS) is 38.7. The lowest BCUT2D eigenvalue weighted by Gasteiger charge is -2.57. The Morgan fingerprint density at radius 1 is 1.14 bits per heavy atom. The topological polar surface area (TPSA) is 0 Å². The number of alkyl halides is 1. The Labute approximate surface area is 135 Å². The number of rotatable bonds is 3. The lowest BCUT2D eigenvalue weighted by Crippen LogP contribution is -2.46. The van der Waals surface area contributed by atoms with Gasteiger partial charge in [-0.15, -0.1) is 0 Å². The van der Waals surface area contributed by atoms with Crippen LogP contribution in [0, 0.1) is 35.9 Å². The molecule has 114 valence electrons. The Bertz CT molecular complexity index is 515. The van der Waals surface area contributed by atoms with Gasteiger partial charge in [-0.3, -0.25) is 0 Å². The highest BCUT2D eigenvalue weighted by atomic mass is 79.9. The second kappa shape index (κ2) is 5.08. The lowest BCUT2D eigenvalue weighted by molar-refractivity contribution is -0.0571. The lowest BCUT2D eigenvalue weighted by atomic mass is 9.48. The van der Waals surface area contributed by atoms with Gasteiger partial charge in [0.1, 0.15) is 5.82 Å². The van der Waals surface area contributed by atoms with E-state index in [1.807, 2.05) is 19.1 Å². The molecule has 4 fully saturated rings. The minimum absolute atomic E-state index is 0.0896. The standard InChI is InChI=1S/C19H24BrF/c1-12-4-16(2-3-18(12)21)17(20)11-19-8-13-5-14(9-19)7-15(6-13)10-19/h2-4,13-15,17H,5-11H2,1H3. The molecule has 4 saturated carbocycles. The molecule has 5 rings (SSSR count). The van der Waals surface area contributed by atoms with Gasteiger partial charge in [-0.2, -0.15) is 0 Å². The van der Waals surface area contributed by atoms with Gasteiger partial charge < -0.3 is 0 Å². The highest BCUT2D eigenvalue weighted by molar-refractivity contribution is 9.09. The molecule has 1 atom stereocenters. The molecule has 0 heterocycles. The molecule has 0 nitrogen and oxygen atoms in total. The van der Waals surface area contributed by atoms with Crippen molar-refractivity contribution < 1.29 is 4.39 Å². The van der Waals surface area contributed by atoms with Crippen LogP contribution in [0.4, 0.5) is 4.39 Å². The van der Waals surface area contributed by atoms with Crippen molar-refractivity contribution >= 4 is 15.9 Å². The molecule has 0 saturated heterocycles. The highest BCUT2D eigenvalue weighted by Gasteiger charge is 2.51. The number of benzene rings is 1. The van der Waals surface area contributed by atoms with Gasteiger partial charge in [-0.05, 0) is 92.2 Å². The van der Waals surface area contributed by atoms with Crippen molar-refractivity contribution in [2.24, 2.45) is 23.2 Å². The molecule has 21 heavy (non-hydrogen) atoms. The van der Waals surface area contributed by atoms with Crippen LogP contribution in [0.2, 0.25) is 0 Å². The van der Waals surface area contributed by atoms with E-state index < -0.39 is 0 Å². The zero-order valence-corrected chi connectivity index (χ0v) is 14.3. The van der Waals surface area contributed by atoms with Crippen molar-refractivity contribution in [2.45, 2.75) is 56.7 Å². The predicted molar refractivity (Wildman–Crippen MR) is 88.0 cm³/mol. The summed E-state index contributed by atoms with van der Waals surface area (Å²) in [5.41, 5.74) is 2.60. The fourth-order valence-electron chi connectivity index (χ4n) is 5.90. The zero-order valence-electron chi connectivity index (χ0n) is 12.7. The Morgan fingerprint density at radius 3 is 2.24 bits per heavy atom. The Hall–Kier alpha value is -0.370. The van der Waals surface area contributed by atoms with Crippen molar-refractivity contribution in [1.29, 1.82) is 0 Å². The minimum atomic E-state index is -0.0896. The maximum atomic E-state index is 13.5. The van der Waals surface area contributed by atoms with Crippen LogP contribution in [0.1, 0.15) is 60.9 Å². The number of hydrogen-bond donors (Lipinski definition) is 0. The molecule has 0 N–H and O–H groups in total. The van der Waals surface area contributed by atoms with Gasteiger partial charge in [0.25, 0.3) is 0 Å². The summed E-state index contributed by atoms with van der Waals surface area (Å²) in [6, 6.07) is 5.61. The van der Waals surface area contributed by atoms with Gasteiger partial charge in [-0.1, -0.05) is 28.1 Å². The molecule has 4 bridgehead atoms. The van der Waals surface area contributed by atoms with Crippen molar-refractivity contribution in [2.75, 3.05) is 0 Å². The summed E-state index contributed by atoms with van der Waals surface area (Å²) >= 11 is 3.91. The molecular formula is C19H24BrF. The van der Waals surface area contributed by atoms with E-state index in [9.17, 15) is 4.39 Å². The third-order valence-corrected chi connectivity index (χ3v) is 7.17. The van der Waals surface area contributed by atoms with E-state index in [0.29, 0.717) is 10.2 Å². The third kappa shape index (κ3) is 2.58. The largest absolute Gasteiger partial charge is 0.207 e. The SMILES string of the molecule is Cc1cc(C(Br)CC23CC4CC(CC(C4)C2)C3)ccc1F. The van der Waals surface area contributed by atoms with E-state index in [0.717, 1.165) is 23.3 Å². The van der Waals surface area contributed by atoms with E-state index in [4.69, 9.17) is 0 Å². The molecule has 0 spiro atoms. The first kappa shape index (κ1) is 14.2. The number of hydrogen-bond acceptors (Lipinski definition) is 0. The van der Waals surface area contributed by atoms with Gasteiger partial charge in [0.15, 0.2) is 0 Å². The second-order valence-corrected chi connectivity index (χ2v) is 9.20. The Balaban J connectivity index is 1.53. The minimum Gasteiger partial charge on any atom is -0.207 e. The summed E-state index contributed by atoms with van der Waals surface area (Å²) in [6.45, 7) is 1.86. The predicted octanol–water partition coefficient (Wildman–Crippen LogP) is 6.18. The van der Waals surface area contributed by atoms with Crippen molar-refractivity contribution in [3.8, 4) is 0 Å². The zero-order chi connectivity index (χ0) is 14.6. The Kier molecular flexibility index (Phi) is 3.44. The molecule has 1 aromatic carbocycles. The first-order chi connectivity index (χ1) is 10.0. The van der Waals surface area contributed by atoms with Crippen LogP contribution in [0.15, 0.2) is 18.2 Å². The first-order valence-corrected chi connectivity index (χ1v) is 9.35. The molecule has 0 aliphatic heterocycles. The molecule has 4 aliphatic rings. The van der Waals surface area contributed by atoms with Gasteiger partial charge >= 0.3 is 0 Å². The molecule has 0 aromatic heterocycles. The molecule has 1 unspecified atom stereocenters. The van der Waals surface area contributed by atoms with Crippen molar-refractivity contribution in [1.82, 2.24) is 0 Å². The van der Waals surface area contributed by atoms with Crippen LogP contribution in [-0.4, -0.2) is 0 Å². The number of aryl methyl sites for hydroxylation is 1. The maximum Gasteiger partial charge on any atom is 0.126 e. The monoisotopic (exact) mass is 350 g/mol. The van der Waals surface area contributed by atoms with Crippen LogP contribution in [0.25, 0.3) is 0 Å². The molecule has 0 amide bonds. The van der Waals surface area contributed by atoms with Crippen molar-refractivity contribution in [3.63, 3.8) is 0 Å². The van der Waals surface area contributed by atoms with E-state index in [1.54, 1.807) is 6.07 Å². The van der Waals surface area contributed by atoms with Crippen LogP contribution in [0.3, 0.4) is 0 Å². The molecule has 4 aliphatic carbocycles. The van der Waals surface area contributed by atoms with Crippen LogP contribution in [-0.2, 0) is 0 Å². The summed E-state index contributed by atoms with van der Waals surface area (Å²) in [5.74, 6) is 2.93. The van der Waals surface area contributed by atoms with Crippen LogP contribution in [0.5, 0.6) is 0 Å². The Morgan fingerprint density at radius 2 is 1.71 bits per heavy atom. The third-order valence-electron chi connectivity index (χ3n) is 6.32. The molecular weight excluding hydrogens is 327 g/mol. The summed E-state index contributed by atoms with van der Waals surface area (Å²) < 4.78 is 13.5. The van der Waals surface area contributed by atoms with Gasteiger partial charge in [-0.25, -0.2) is 4.39 Å². The second-order valence-electron chi connectivity index (χ2n) is 8.10. The maximum absolute atomic E-state index is 13.5.